The maximum atomic E-state index is 6.33. The summed E-state index contributed by atoms with van der Waals surface area (Å²) < 4.78 is 26.0. The van der Waals surface area contributed by atoms with Crippen LogP contribution in [0.1, 0.15) is 0 Å². The first kappa shape index (κ1) is 45.8. The Balaban J connectivity index is 0.000000140. The van der Waals surface area contributed by atoms with Gasteiger partial charge in [0.1, 0.15) is 39.1 Å². The van der Waals surface area contributed by atoms with Crippen molar-refractivity contribution in [3.8, 4) is 44.5 Å². The Kier molecular flexibility index (Phi) is 13.1. The van der Waals surface area contributed by atoms with Crippen LogP contribution in [0.2, 0.25) is 0 Å². The van der Waals surface area contributed by atoms with Crippen molar-refractivity contribution in [2.75, 3.05) is 5.34 Å². The van der Waals surface area contributed by atoms with Gasteiger partial charge in [-0.3, -0.25) is 0 Å². The maximum absolute atomic E-state index is 6.33. The average molecular weight is 1140 g/mol. The SMILES string of the molecule is BrBr.Brc1c2oc3ccc(-c4ccccc4)cc3c2cc2oc3ccc(-c4ccccc4)cc3c12.ClCCl.c1ccc(-c2ccc3oc4cc5c(cc4c3c2)oc2ccc(-c3ccccc3)cc25)cc1. The third-order valence-corrected chi connectivity index (χ3v) is 13.4. The average Bonchev–Trinajstić information content (AvgIpc) is 4.19. The first-order valence-electron chi connectivity index (χ1n) is 22.3. The van der Waals surface area contributed by atoms with Gasteiger partial charge in [0.2, 0.25) is 0 Å². The first-order chi connectivity index (χ1) is 34.5. The minimum Gasteiger partial charge on any atom is -0.456 e. The Bertz CT molecular complexity index is 4010. The highest BCUT2D eigenvalue weighted by Gasteiger charge is 2.20. The molecule has 4 nitrogen and oxygen atoms in total. The maximum Gasteiger partial charge on any atom is 0.150 e. The minimum absolute atomic E-state index is 0.194. The molecule has 0 aliphatic heterocycles. The van der Waals surface area contributed by atoms with Crippen molar-refractivity contribution in [2.24, 2.45) is 0 Å². The molecule has 0 aliphatic rings. The van der Waals surface area contributed by atoms with Crippen LogP contribution >= 0.6 is 67.4 Å². The molecule has 0 saturated carbocycles. The topological polar surface area (TPSA) is 52.6 Å². The van der Waals surface area contributed by atoms with Crippen LogP contribution in [-0.2, 0) is 0 Å². The summed E-state index contributed by atoms with van der Waals surface area (Å²) in [7, 11) is 0. The second-order valence-corrected chi connectivity index (χ2v) is 18.2. The molecule has 14 rings (SSSR count). The van der Waals surface area contributed by atoms with E-state index in [1.807, 2.05) is 24.3 Å². The first-order valence-corrected chi connectivity index (χ1v) is 27.9. The predicted octanol–water partition coefficient (Wildman–Crippen LogP) is 21.5. The number of fused-ring (bicyclic) bond motifs is 12. The van der Waals surface area contributed by atoms with Gasteiger partial charge in [-0.05, 0) is 127 Å². The van der Waals surface area contributed by atoms with Crippen LogP contribution in [0.3, 0.4) is 0 Å². The number of alkyl halides is 2. The molecule has 4 aromatic heterocycles. The summed E-state index contributed by atoms with van der Waals surface area (Å²) >= 11 is 18.9. The normalized spacial score (nSPS) is 11.3. The lowest BCUT2D eigenvalue weighted by Gasteiger charge is -2.02. The van der Waals surface area contributed by atoms with Gasteiger partial charge in [-0.15, -0.1) is 23.2 Å². The van der Waals surface area contributed by atoms with Crippen molar-refractivity contribution < 1.29 is 17.7 Å². The summed E-state index contributed by atoms with van der Waals surface area (Å²) in [5.41, 5.74) is 16.4. The van der Waals surface area contributed by atoms with E-state index in [1.165, 1.54) is 38.9 Å². The number of hydrogen-bond donors (Lipinski definition) is 0. The van der Waals surface area contributed by atoms with E-state index < -0.39 is 0 Å². The highest BCUT2D eigenvalue weighted by molar-refractivity contribution is 9.93. The Morgan fingerprint density at radius 1 is 0.286 bits per heavy atom. The fourth-order valence-electron chi connectivity index (χ4n) is 9.40. The fraction of sp³-hybridized carbons (Fsp3) is 0.0164. The third-order valence-electron chi connectivity index (χ3n) is 12.6. The van der Waals surface area contributed by atoms with Crippen LogP contribution in [0.4, 0.5) is 0 Å². The Hall–Kier alpha value is -6.58. The molecule has 14 aromatic rings. The second kappa shape index (κ2) is 20.0. The molecule has 9 heteroatoms. The largest absolute Gasteiger partial charge is 0.456 e. The monoisotopic (exact) mass is 1140 g/mol. The molecule has 10 aromatic carbocycles. The van der Waals surface area contributed by atoms with Gasteiger partial charge in [0.05, 0.1) is 9.81 Å². The third kappa shape index (κ3) is 8.61. The van der Waals surface area contributed by atoms with Crippen molar-refractivity contribution in [3.63, 3.8) is 0 Å². The summed E-state index contributed by atoms with van der Waals surface area (Å²) in [6.07, 6.45) is 0. The fourth-order valence-corrected chi connectivity index (χ4v) is 10.1. The van der Waals surface area contributed by atoms with E-state index in [0.29, 0.717) is 0 Å². The van der Waals surface area contributed by atoms with Gasteiger partial charge in [0, 0.05) is 71.3 Å². The van der Waals surface area contributed by atoms with Gasteiger partial charge >= 0.3 is 0 Å². The Labute approximate surface area is 436 Å². The predicted molar refractivity (Wildman–Crippen MR) is 306 cm³/mol. The molecule has 0 spiro atoms. The highest BCUT2D eigenvalue weighted by atomic mass is 80.9. The Morgan fingerprint density at radius 2 is 0.571 bits per heavy atom. The van der Waals surface area contributed by atoms with Crippen molar-refractivity contribution in [1.29, 1.82) is 0 Å². The molecule has 0 bridgehead atoms. The van der Waals surface area contributed by atoms with Gasteiger partial charge in [-0.2, -0.15) is 0 Å². The number of hydrogen-bond acceptors (Lipinski definition) is 4. The van der Waals surface area contributed by atoms with Crippen LogP contribution in [-0.4, -0.2) is 5.34 Å². The van der Waals surface area contributed by atoms with Crippen LogP contribution in [0.15, 0.2) is 234 Å². The summed E-state index contributed by atoms with van der Waals surface area (Å²) in [6, 6.07) is 73.5. The van der Waals surface area contributed by atoms with E-state index in [0.717, 1.165) is 97.8 Å². The molecular formula is C61H37Br3Cl2O4. The highest BCUT2D eigenvalue weighted by Crippen LogP contribution is 2.45. The zero-order chi connectivity index (χ0) is 47.7. The van der Waals surface area contributed by atoms with Gasteiger partial charge in [0.15, 0.2) is 5.58 Å². The molecular weight excluding hydrogens is 1110 g/mol. The molecule has 0 amide bonds. The lowest BCUT2D eigenvalue weighted by molar-refractivity contribution is 0.662. The smallest absolute Gasteiger partial charge is 0.150 e. The van der Waals surface area contributed by atoms with Crippen LogP contribution in [0.5, 0.6) is 0 Å². The van der Waals surface area contributed by atoms with E-state index in [-0.39, 0.29) is 5.34 Å². The number of halogens is 5. The van der Waals surface area contributed by atoms with E-state index in [2.05, 4.69) is 232 Å². The second-order valence-electron chi connectivity index (χ2n) is 16.6. The van der Waals surface area contributed by atoms with Gasteiger partial charge < -0.3 is 17.7 Å². The van der Waals surface area contributed by atoms with Crippen LogP contribution in [0, 0.1) is 0 Å². The molecule has 4 heterocycles. The molecule has 0 atom stereocenters. The minimum atomic E-state index is 0.194. The molecule has 0 aliphatic carbocycles. The molecule has 340 valence electrons. The standard InChI is InChI=1S/C30H17BrO2.C30H18O2.CH2Cl2.Br2/c31-29-28-24-16-21(19-9-5-2-6-10-19)12-14-26(24)32-27(28)17-23-22-15-20(18-7-3-1-4-8-18)11-13-25(22)33-30(23)29;1-3-7-19(8-4-1)21-11-13-27-23(15-21)25-17-30-26(18-29(25)31-27)24-16-22(12-14-28(24)32-30)20-9-5-2-6-10-20;2-1-3;1-2/h1-17H;1-18H;1H2;. The van der Waals surface area contributed by atoms with Gasteiger partial charge in [-0.25, -0.2) is 0 Å². The van der Waals surface area contributed by atoms with E-state index >= 15 is 0 Å². The van der Waals surface area contributed by atoms with Crippen molar-refractivity contribution in [1.82, 2.24) is 0 Å². The van der Waals surface area contributed by atoms with E-state index in [1.54, 1.807) is 0 Å². The summed E-state index contributed by atoms with van der Waals surface area (Å²) in [6.45, 7) is 0. The van der Waals surface area contributed by atoms with Crippen LogP contribution in [0.25, 0.3) is 132 Å². The number of benzene rings is 10. The van der Waals surface area contributed by atoms with Gasteiger partial charge in [-0.1, -0.05) is 146 Å². The van der Waals surface area contributed by atoms with Gasteiger partial charge in [0.25, 0.3) is 0 Å². The summed E-state index contributed by atoms with van der Waals surface area (Å²) in [5, 5.41) is 8.80. The van der Waals surface area contributed by atoms with Crippen LogP contribution < -0.4 is 0 Å². The summed E-state index contributed by atoms with van der Waals surface area (Å²) in [5.74, 6) is 0. The summed E-state index contributed by atoms with van der Waals surface area (Å²) in [4.78, 5) is 0. The molecule has 0 saturated heterocycles. The molecule has 0 fully saturated rings. The van der Waals surface area contributed by atoms with E-state index in [4.69, 9.17) is 40.9 Å². The quantitative estimate of drug-likeness (QED) is 0.165. The zero-order valence-corrected chi connectivity index (χ0v) is 43.2. The molecule has 0 unspecified atom stereocenters. The molecule has 0 N–H and O–H groups in total. The van der Waals surface area contributed by atoms with Crippen molar-refractivity contribution >= 4 is 155 Å². The number of furan rings is 4. The van der Waals surface area contributed by atoms with Crippen molar-refractivity contribution in [3.05, 3.63) is 217 Å². The molecule has 0 radical (unpaired) electrons. The van der Waals surface area contributed by atoms with Crippen molar-refractivity contribution in [2.45, 2.75) is 0 Å². The van der Waals surface area contributed by atoms with E-state index in [9.17, 15) is 0 Å². The zero-order valence-electron chi connectivity index (χ0n) is 36.9. The lowest BCUT2D eigenvalue weighted by Crippen LogP contribution is -1.78. The Morgan fingerprint density at radius 3 is 0.957 bits per heavy atom. The lowest BCUT2D eigenvalue weighted by atomic mass is 10.0. The number of rotatable bonds is 4. The molecule has 70 heavy (non-hydrogen) atoms.